The largest absolute Gasteiger partial charge is 0.462 e. The fourth-order valence-corrected chi connectivity index (χ4v) is 6.02. The summed E-state index contributed by atoms with van der Waals surface area (Å²) in [5.74, 6) is -1.14. The molecular weight excluding hydrogens is 817 g/mol. The number of allylic oxidation sites excluding steroid dienone is 26. The van der Waals surface area contributed by atoms with E-state index in [4.69, 9.17) is 14.2 Å². The minimum absolute atomic E-state index is 0.144. The first-order valence-electron chi connectivity index (χ1n) is 25.5. The number of rotatable bonds is 43. The van der Waals surface area contributed by atoms with E-state index in [1.165, 1.54) is 6.42 Å². The molecule has 0 fully saturated rings. The third kappa shape index (κ3) is 50.0. The summed E-state index contributed by atoms with van der Waals surface area (Å²) in [7, 11) is 0. The topological polar surface area (TPSA) is 78.9 Å². The maximum absolute atomic E-state index is 12.8. The molecule has 1 unspecified atom stereocenters. The van der Waals surface area contributed by atoms with Crippen LogP contribution in [-0.4, -0.2) is 37.2 Å². The molecule has 6 nitrogen and oxygen atoms in total. The minimum Gasteiger partial charge on any atom is -0.462 e. The Bertz CT molecular complexity index is 1560. The van der Waals surface area contributed by atoms with Crippen LogP contribution in [0.3, 0.4) is 0 Å². The predicted octanol–water partition coefficient (Wildman–Crippen LogP) is 17.0. The summed E-state index contributed by atoms with van der Waals surface area (Å²) < 4.78 is 16.6. The molecule has 0 amide bonds. The van der Waals surface area contributed by atoms with E-state index in [0.717, 1.165) is 122 Å². The molecule has 0 bridgehead atoms. The van der Waals surface area contributed by atoms with Crippen LogP contribution in [0, 0.1) is 0 Å². The molecule has 0 aromatic carbocycles. The number of carbonyl (C=O) groups excluding carboxylic acids is 3. The summed E-state index contributed by atoms with van der Waals surface area (Å²) in [5.41, 5.74) is 0. The summed E-state index contributed by atoms with van der Waals surface area (Å²) in [6, 6.07) is 0. The molecule has 0 rings (SSSR count). The Kier molecular flexibility index (Phi) is 48.7. The maximum Gasteiger partial charge on any atom is 0.306 e. The lowest BCUT2D eigenvalue weighted by atomic mass is 10.1. The van der Waals surface area contributed by atoms with E-state index < -0.39 is 12.1 Å². The number of hydrogen-bond donors (Lipinski definition) is 0. The fraction of sp³-hybridized carbons (Fsp3) is 0.517. The van der Waals surface area contributed by atoms with Crippen LogP contribution in [0.4, 0.5) is 0 Å². The number of carbonyl (C=O) groups is 3. The molecule has 6 heteroatoms. The first kappa shape index (κ1) is 61.0. The van der Waals surface area contributed by atoms with Gasteiger partial charge in [-0.3, -0.25) is 14.4 Å². The van der Waals surface area contributed by atoms with Crippen LogP contribution in [0.1, 0.15) is 181 Å². The van der Waals surface area contributed by atoms with E-state index in [1.54, 1.807) is 0 Å². The summed E-state index contributed by atoms with van der Waals surface area (Å²) in [6.45, 7) is 6.17. The van der Waals surface area contributed by atoms with Crippen LogP contribution < -0.4 is 0 Å². The first-order chi connectivity index (χ1) is 32.5. The van der Waals surface area contributed by atoms with E-state index in [0.29, 0.717) is 19.3 Å². The van der Waals surface area contributed by atoms with Gasteiger partial charge in [0.2, 0.25) is 0 Å². The highest BCUT2D eigenvalue weighted by molar-refractivity contribution is 5.71. The van der Waals surface area contributed by atoms with Crippen molar-refractivity contribution in [1.82, 2.24) is 0 Å². The number of unbranched alkanes of at least 4 members (excludes halogenated alkanes) is 6. The van der Waals surface area contributed by atoms with Crippen LogP contribution in [0.5, 0.6) is 0 Å². The second kappa shape index (κ2) is 52.7. The van der Waals surface area contributed by atoms with Gasteiger partial charge in [0, 0.05) is 19.3 Å². The molecule has 0 N–H and O–H groups in total. The first-order valence-corrected chi connectivity index (χ1v) is 25.5. The van der Waals surface area contributed by atoms with Crippen molar-refractivity contribution < 1.29 is 28.6 Å². The van der Waals surface area contributed by atoms with E-state index in [2.05, 4.69) is 154 Å². The molecule has 0 heterocycles. The lowest BCUT2D eigenvalue weighted by Gasteiger charge is -2.18. The van der Waals surface area contributed by atoms with Crippen molar-refractivity contribution in [3.05, 3.63) is 158 Å². The molecule has 0 aliphatic heterocycles. The van der Waals surface area contributed by atoms with Crippen molar-refractivity contribution >= 4 is 17.9 Å². The van der Waals surface area contributed by atoms with Crippen molar-refractivity contribution in [2.24, 2.45) is 0 Å². The standard InChI is InChI=1S/C60H90O6/c1-4-7-10-13-16-19-22-24-26-28-30-32-34-36-38-41-44-47-50-53-59(62)65-56-57(55-64-58(61)52-49-46-43-40-21-18-15-12-9-6-3)66-60(63)54-51-48-45-42-39-37-35-33-31-29-27-25-23-20-17-14-11-8-5-2/h7-8,10-12,15-17,19-20,24-27,30-33,36-39,44-45,47-48,57H,4-6,9,13-14,18,21-23,28-29,34-35,40-43,46,49-56H2,1-3H3/b10-7-,11-8-,15-12-,19-16-,20-17-,26-24-,27-25-,32-30-,33-31-,38-36-,39-37-,47-44-,48-45-. The highest BCUT2D eigenvalue weighted by atomic mass is 16.6. The van der Waals surface area contributed by atoms with Crippen LogP contribution >= 0.6 is 0 Å². The van der Waals surface area contributed by atoms with Crippen LogP contribution in [0.2, 0.25) is 0 Å². The van der Waals surface area contributed by atoms with E-state index >= 15 is 0 Å². The van der Waals surface area contributed by atoms with Gasteiger partial charge in [-0.15, -0.1) is 0 Å². The Hall–Kier alpha value is -4.97. The Morgan fingerprint density at radius 3 is 1.02 bits per heavy atom. The zero-order chi connectivity index (χ0) is 47.9. The Labute approximate surface area is 403 Å². The molecule has 0 radical (unpaired) electrons. The van der Waals surface area contributed by atoms with Crippen LogP contribution in [0.25, 0.3) is 0 Å². The van der Waals surface area contributed by atoms with Gasteiger partial charge in [0.05, 0.1) is 0 Å². The summed E-state index contributed by atoms with van der Waals surface area (Å²) in [4.78, 5) is 37.9. The van der Waals surface area contributed by atoms with Gasteiger partial charge in [-0.25, -0.2) is 0 Å². The number of ether oxygens (including phenoxy) is 3. The van der Waals surface area contributed by atoms with Gasteiger partial charge in [0.15, 0.2) is 6.10 Å². The normalized spacial score (nSPS) is 13.4. The molecule has 366 valence electrons. The molecule has 0 aliphatic rings. The van der Waals surface area contributed by atoms with Gasteiger partial charge in [0.25, 0.3) is 0 Å². The van der Waals surface area contributed by atoms with Crippen LogP contribution in [0.15, 0.2) is 158 Å². The molecule has 0 spiro atoms. The fourth-order valence-electron chi connectivity index (χ4n) is 6.02. The average Bonchev–Trinajstić information content (AvgIpc) is 3.31. The van der Waals surface area contributed by atoms with Gasteiger partial charge < -0.3 is 14.2 Å². The third-order valence-corrected chi connectivity index (χ3v) is 9.76. The highest BCUT2D eigenvalue weighted by Crippen LogP contribution is 2.10. The van der Waals surface area contributed by atoms with Crippen LogP contribution in [-0.2, 0) is 28.6 Å². The SMILES string of the molecule is CC/C=C\C/C=C\C/C=C\C/C=C\C/C=C\C/C=C\CCC(=O)OCC(COC(=O)CCCCCCC/C=C\CCC)OC(=O)CC/C=C\C/C=C\C/C=C\C/C=C\C/C=C\C/C=C\CC. The van der Waals surface area contributed by atoms with Crippen molar-refractivity contribution in [3.63, 3.8) is 0 Å². The molecule has 0 aromatic heterocycles. The monoisotopic (exact) mass is 907 g/mol. The second-order valence-electron chi connectivity index (χ2n) is 16.0. The maximum atomic E-state index is 12.8. The average molecular weight is 907 g/mol. The lowest BCUT2D eigenvalue weighted by Crippen LogP contribution is -2.30. The molecule has 0 saturated carbocycles. The molecular formula is C60H90O6. The molecule has 66 heavy (non-hydrogen) atoms. The summed E-state index contributed by atoms with van der Waals surface area (Å²) in [5, 5.41) is 0. The molecule has 0 aliphatic carbocycles. The van der Waals surface area contributed by atoms with Crippen molar-refractivity contribution in [3.8, 4) is 0 Å². The Balaban J connectivity index is 4.63. The lowest BCUT2D eigenvalue weighted by molar-refractivity contribution is -0.166. The molecule has 0 aromatic rings. The van der Waals surface area contributed by atoms with Gasteiger partial charge in [0.1, 0.15) is 13.2 Å². The highest BCUT2D eigenvalue weighted by Gasteiger charge is 2.19. The smallest absolute Gasteiger partial charge is 0.306 e. The third-order valence-electron chi connectivity index (χ3n) is 9.76. The van der Waals surface area contributed by atoms with E-state index in [-0.39, 0.29) is 38.0 Å². The van der Waals surface area contributed by atoms with Crippen molar-refractivity contribution in [1.29, 1.82) is 0 Å². The minimum atomic E-state index is -0.859. The Morgan fingerprint density at radius 2 is 0.621 bits per heavy atom. The summed E-state index contributed by atoms with van der Waals surface area (Å²) >= 11 is 0. The molecule has 1 atom stereocenters. The van der Waals surface area contributed by atoms with Gasteiger partial charge in [-0.1, -0.05) is 204 Å². The van der Waals surface area contributed by atoms with Gasteiger partial charge in [-0.05, 0) is 116 Å². The van der Waals surface area contributed by atoms with E-state index in [9.17, 15) is 14.4 Å². The summed E-state index contributed by atoms with van der Waals surface area (Å²) in [6.07, 6.45) is 76.8. The van der Waals surface area contributed by atoms with Gasteiger partial charge in [-0.2, -0.15) is 0 Å². The number of esters is 3. The zero-order valence-corrected chi connectivity index (χ0v) is 41.6. The number of hydrogen-bond acceptors (Lipinski definition) is 6. The quantitative estimate of drug-likeness (QED) is 0.0262. The second-order valence-corrected chi connectivity index (χ2v) is 16.0. The predicted molar refractivity (Wildman–Crippen MR) is 283 cm³/mol. The van der Waals surface area contributed by atoms with Crippen molar-refractivity contribution in [2.75, 3.05) is 13.2 Å². The molecule has 0 saturated heterocycles. The van der Waals surface area contributed by atoms with Gasteiger partial charge >= 0.3 is 17.9 Å². The zero-order valence-electron chi connectivity index (χ0n) is 41.6. The Morgan fingerprint density at radius 1 is 0.318 bits per heavy atom. The van der Waals surface area contributed by atoms with E-state index in [1.807, 2.05) is 24.3 Å². The van der Waals surface area contributed by atoms with Crippen molar-refractivity contribution in [2.45, 2.75) is 187 Å².